The van der Waals surface area contributed by atoms with Gasteiger partial charge in [0.2, 0.25) is 5.95 Å². The highest BCUT2D eigenvalue weighted by Gasteiger charge is 2.25. The molecule has 1 unspecified atom stereocenters. The summed E-state index contributed by atoms with van der Waals surface area (Å²) in [5.41, 5.74) is 0.900. The number of nitrogens with one attached hydrogen (secondary N) is 1. The molecular formula is C19H26N4O2. The molecule has 0 amide bonds. The van der Waals surface area contributed by atoms with Crippen molar-refractivity contribution in [2.75, 3.05) is 31.1 Å². The van der Waals surface area contributed by atoms with Gasteiger partial charge in [-0.25, -0.2) is 4.98 Å². The standard InChI is InChI=1S/C19H26N4O2/c1-14-6-7-16(25-14)13-22-8-4-5-15(12-22)17-11-18(24)21-19(20-17)23-9-2-3-10-23/h6-7,11,15H,2-5,8-10,12-13H2,1H3,(H,20,21,24). The van der Waals surface area contributed by atoms with Crippen LogP contribution in [-0.4, -0.2) is 41.0 Å². The lowest BCUT2D eigenvalue weighted by Crippen LogP contribution is -2.35. The van der Waals surface area contributed by atoms with Gasteiger partial charge in [-0.3, -0.25) is 14.7 Å². The van der Waals surface area contributed by atoms with Crippen LogP contribution in [0.15, 0.2) is 27.4 Å². The van der Waals surface area contributed by atoms with Gasteiger partial charge in [-0.15, -0.1) is 0 Å². The monoisotopic (exact) mass is 342 g/mol. The molecule has 6 nitrogen and oxygen atoms in total. The number of aromatic nitrogens is 2. The highest BCUT2D eigenvalue weighted by atomic mass is 16.3. The third-order valence-electron chi connectivity index (χ3n) is 5.25. The fourth-order valence-electron chi connectivity index (χ4n) is 3.98. The molecule has 1 N–H and O–H groups in total. The first-order chi connectivity index (χ1) is 12.2. The van der Waals surface area contributed by atoms with E-state index in [1.54, 1.807) is 6.07 Å². The van der Waals surface area contributed by atoms with E-state index in [1.165, 1.54) is 12.8 Å². The molecule has 2 saturated heterocycles. The topological polar surface area (TPSA) is 65.4 Å². The Labute approximate surface area is 147 Å². The summed E-state index contributed by atoms with van der Waals surface area (Å²) in [6, 6.07) is 5.75. The second-order valence-electron chi connectivity index (χ2n) is 7.27. The van der Waals surface area contributed by atoms with Gasteiger partial charge < -0.3 is 9.32 Å². The number of hydrogen-bond donors (Lipinski definition) is 1. The minimum atomic E-state index is -0.0364. The van der Waals surface area contributed by atoms with Gasteiger partial charge in [0.05, 0.1) is 12.2 Å². The molecule has 0 radical (unpaired) electrons. The van der Waals surface area contributed by atoms with Crippen molar-refractivity contribution in [2.24, 2.45) is 0 Å². The number of nitrogens with zero attached hydrogens (tertiary/aromatic N) is 3. The van der Waals surface area contributed by atoms with Crippen molar-refractivity contribution in [1.82, 2.24) is 14.9 Å². The zero-order valence-corrected chi connectivity index (χ0v) is 14.8. The summed E-state index contributed by atoms with van der Waals surface area (Å²) in [7, 11) is 0. The summed E-state index contributed by atoms with van der Waals surface area (Å²) >= 11 is 0. The fraction of sp³-hybridized carbons (Fsp3) is 0.579. The number of furan rings is 1. The largest absolute Gasteiger partial charge is 0.465 e. The normalized spacial score (nSPS) is 21.8. The van der Waals surface area contributed by atoms with Crippen LogP contribution in [0, 0.1) is 6.92 Å². The second kappa shape index (κ2) is 7.04. The van der Waals surface area contributed by atoms with E-state index in [0.717, 1.165) is 68.7 Å². The molecule has 1 atom stereocenters. The van der Waals surface area contributed by atoms with Crippen molar-refractivity contribution in [3.05, 3.63) is 45.8 Å². The van der Waals surface area contributed by atoms with Crippen molar-refractivity contribution in [3.8, 4) is 0 Å². The molecule has 6 heteroatoms. The Morgan fingerprint density at radius 3 is 2.84 bits per heavy atom. The summed E-state index contributed by atoms with van der Waals surface area (Å²) in [5, 5.41) is 0. The molecule has 2 aliphatic rings. The number of piperidine rings is 1. The quantitative estimate of drug-likeness (QED) is 0.925. The van der Waals surface area contributed by atoms with E-state index in [1.807, 2.05) is 13.0 Å². The average Bonchev–Trinajstić information content (AvgIpc) is 3.27. The number of H-pyrrole nitrogens is 1. The summed E-state index contributed by atoms with van der Waals surface area (Å²) < 4.78 is 5.71. The molecule has 2 aromatic rings. The van der Waals surface area contributed by atoms with Crippen LogP contribution in [-0.2, 0) is 6.54 Å². The third kappa shape index (κ3) is 3.79. The number of rotatable bonds is 4. The van der Waals surface area contributed by atoms with E-state index >= 15 is 0 Å². The Morgan fingerprint density at radius 2 is 2.08 bits per heavy atom. The first-order valence-corrected chi connectivity index (χ1v) is 9.31. The van der Waals surface area contributed by atoms with Crippen LogP contribution in [0.3, 0.4) is 0 Å². The van der Waals surface area contributed by atoms with Gasteiger partial charge in [0, 0.05) is 31.6 Å². The number of aryl methyl sites for hydroxylation is 1. The highest BCUT2D eigenvalue weighted by Crippen LogP contribution is 2.27. The van der Waals surface area contributed by atoms with Crippen molar-refractivity contribution in [2.45, 2.75) is 45.1 Å². The molecule has 134 valence electrons. The van der Waals surface area contributed by atoms with Gasteiger partial charge in [-0.05, 0) is 51.3 Å². The molecule has 2 aliphatic heterocycles. The third-order valence-corrected chi connectivity index (χ3v) is 5.25. The maximum absolute atomic E-state index is 12.1. The first kappa shape index (κ1) is 16.4. The smallest absolute Gasteiger partial charge is 0.252 e. The molecule has 0 spiro atoms. The maximum Gasteiger partial charge on any atom is 0.252 e. The zero-order chi connectivity index (χ0) is 17.2. The molecule has 0 saturated carbocycles. The predicted octanol–water partition coefficient (Wildman–Crippen LogP) is 2.65. The predicted molar refractivity (Wildman–Crippen MR) is 97.0 cm³/mol. The van der Waals surface area contributed by atoms with Crippen LogP contribution in [0.25, 0.3) is 0 Å². The molecule has 4 rings (SSSR count). The molecule has 0 bridgehead atoms. The minimum Gasteiger partial charge on any atom is -0.465 e. The maximum atomic E-state index is 12.1. The van der Waals surface area contributed by atoms with Gasteiger partial charge in [0.1, 0.15) is 11.5 Å². The van der Waals surface area contributed by atoms with Crippen molar-refractivity contribution >= 4 is 5.95 Å². The number of aromatic amines is 1. The molecule has 2 fully saturated rings. The van der Waals surface area contributed by atoms with Crippen LogP contribution in [0.2, 0.25) is 0 Å². The van der Waals surface area contributed by atoms with Crippen LogP contribution >= 0.6 is 0 Å². The van der Waals surface area contributed by atoms with Crippen molar-refractivity contribution in [3.63, 3.8) is 0 Å². The molecule has 0 aromatic carbocycles. The van der Waals surface area contributed by atoms with Crippen molar-refractivity contribution < 1.29 is 4.42 Å². The molecule has 25 heavy (non-hydrogen) atoms. The van der Waals surface area contributed by atoms with E-state index in [9.17, 15) is 4.79 Å². The number of likely N-dealkylation sites (tertiary alicyclic amines) is 1. The molecule has 0 aliphatic carbocycles. The lowest BCUT2D eigenvalue weighted by atomic mass is 9.94. The summed E-state index contributed by atoms with van der Waals surface area (Å²) in [4.78, 5) is 24.5. The van der Waals surface area contributed by atoms with E-state index in [0.29, 0.717) is 5.92 Å². The van der Waals surface area contributed by atoms with Gasteiger partial charge >= 0.3 is 0 Å². The van der Waals surface area contributed by atoms with E-state index in [-0.39, 0.29) is 5.56 Å². The van der Waals surface area contributed by atoms with Gasteiger partial charge in [0.25, 0.3) is 5.56 Å². The van der Waals surface area contributed by atoms with E-state index < -0.39 is 0 Å². The van der Waals surface area contributed by atoms with Gasteiger partial charge in [0.15, 0.2) is 0 Å². The van der Waals surface area contributed by atoms with E-state index in [2.05, 4.69) is 20.9 Å². The molecular weight excluding hydrogens is 316 g/mol. The lowest BCUT2D eigenvalue weighted by Gasteiger charge is -2.32. The van der Waals surface area contributed by atoms with Crippen LogP contribution < -0.4 is 10.5 Å². The van der Waals surface area contributed by atoms with Crippen LogP contribution in [0.4, 0.5) is 5.95 Å². The summed E-state index contributed by atoms with van der Waals surface area (Å²) in [6.07, 6.45) is 4.56. The highest BCUT2D eigenvalue weighted by molar-refractivity contribution is 5.32. The lowest BCUT2D eigenvalue weighted by molar-refractivity contribution is 0.184. The van der Waals surface area contributed by atoms with Crippen LogP contribution in [0.1, 0.15) is 48.8 Å². The van der Waals surface area contributed by atoms with Crippen LogP contribution in [0.5, 0.6) is 0 Å². The second-order valence-corrected chi connectivity index (χ2v) is 7.27. The first-order valence-electron chi connectivity index (χ1n) is 9.31. The van der Waals surface area contributed by atoms with Gasteiger partial charge in [-0.1, -0.05) is 0 Å². The number of anilines is 1. The number of hydrogen-bond acceptors (Lipinski definition) is 5. The minimum absolute atomic E-state index is 0.0364. The molecule has 4 heterocycles. The van der Waals surface area contributed by atoms with Crippen molar-refractivity contribution in [1.29, 1.82) is 0 Å². The SMILES string of the molecule is Cc1ccc(CN2CCCC(c3cc(=O)[nH]c(N4CCCC4)n3)C2)o1. The Bertz CT molecular complexity index is 776. The van der Waals surface area contributed by atoms with Gasteiger partial charge in [-0.2, -0.15) is 0 Å². The Morgan fingerprint density at radius 1 is 1.24 bits per heavy atom. The Kier molecular flexibility index (Phi) is 4.61. The fourth-order valence-corrected chi connectivity index (χ4v) is 3.98. The Hall–Kier alpha value is -2.08. The zero-order valence-electron chi connectivity index (χ0n) is 14.8. The molecule has 2 aromatic heterocycles. The Balaban J connectivity index is 1.49. The average molecular weight is 342 g/mol. The van der Waals surface area contributed by atoms with E-state index in [4.69, 9.17) is 9.40 Å². The summed E-state index contributed by atoms with van der Waals surface area (Å²) in [6.45, 7) is 6.77. The summed E-state index contributed by atoms with van der Waals surface area (Å²) in [5.74, 6) is 3.03.